The maximum absolute atomic E-state index is 15.3. The number of nitrogens with zero attached hydrogens (tertiary/aromatic N) is 6. The van der Waals surface area contributed by atoms with Crippen LogP contribution in [-0.4, -0.2) is 49.2 Å². The van der Waals surface area contributed by atoms with Crippen LogP contribution < -0.4 is 10.2 Å². The highest BCUT2D eigenvalue weighted by Crippen LogP contribution is 2.33. The number of amides is 1. The third kappa shape index (κ3) is 2.62. The molecule has 0 radical (unpaired) electrons. The second-order valence-corrected chi connectivity index (χ2v) is 6.94. The molecule has 1 atom stereocenters. The van der Waals surface area contributed by atoms with Gasteiger partial charge in [0.25, 0.3) is 11.7 Å². The lowest BCUT2D eigenvalue weighted by Crippen LogP contribution is -2.41. The number of nitrogens with one attached hydrogen (secondary N) is 1. The van der Waals surface area contributed by atoms with E-state index < -0.39 is 11.6 Å². The number of aromatic nitrogens is 5. The zero-order chi connectivity index (χ0) is 17.6. The van der Waals surface area contributed by atoms with Gasteiger partial charge in [0.15, 0.2) is 5.13 Å². The standard InChI is InChI=1S/C15H16FN7OS/c1-9-10(2)20-13-18-8-19-23(13)11(9)22-5-3-15(16,7-22)12(24)21-14-17-4-6-25-14/h4,6,8H,3,5,7H2,1-2H3,(H,17,21,24). The van der Waals surface area contributed by atoms with Gasteiger partial charge in [-0.3, -0.25) is 10.1 Å². The number of hydrogen-bond donors (Lipinski definition) is 1. The van der Waals surface area contributed by atoms with Gasteiger partial charge < -0.3 is 4.90 Å². The summed E-state index contributed by atoms with van der Waals surface area (Å²) in [5.74, 6) is 0.520. The first-order valence-corrected chi connectivity index (χ1v) is 8.68. The minimum absolute atomic E-state index is 0.0521. The largest absolute Gasteiger partial charge is 0.352 e. The van der Waals surface area contributed by atoms with Crippen LogP contribution in [-0.2, 0) is 4.79 Å². The van der Waals surface area contributed by atoms with Gasteiger partial charge in [0.05, 0.1) is 6.54 Å². The molecule has 8 nitrogen and oxygen atoms in total. The molecule has 10 heteroatoms. The number of aryl methyl sites for hydroxylation is 1. The average molecular weight is 361 g/mol. The first-order chi connectivity index (χ1) is 12.0. The van der Waals surface area contributed by atoms with Gasteiger partial charge in [0, 0.05) is 35.8 Å². The molecule has 1 aliphatic rings. The van der Waals surface area contributed by atoms with E-state index in [1.54, 1.807) is 16.1 Å². The first kappa shape index (κ1) is 15.9. The molecular weight excluding hydrogens is 345 g/mol. The van der Waals surface area contributed by atoms with E-state index in [1.165, 1.54) is 17.7 Å². The van der Waals surface area contributed by atoms with Gasteiger partial charge in [0.2, 0.25) is 5.67 Å². The molecular formula is C15H16FN7OS. The van der Waals surface area contributed by atoms with E-state index in [-0.39, 0.29) is 13.0 Å². The van der Waals surface area contributed by atoms with Crippen molar-refractivity contribution in [3.8, 4) is 0 Å². The third-order valence-electron chi connectivity index (χ3n) is 4.45. The molecule has 0 aliphatic carbocycles. The molecule has 4 rings (SSSR count). The van der Waals surface area contributed by atoms with Crippen molar-refractivity contribution in [2.75, 3.05) is 23.3 Å². The lowest BCUT2D eigenvalue weighted by atomic mass is 10.1. The number of alkyl halides is 1. The minimum atomic E-state index is -1.98. The fraction of sp³-hybridized carbons (Fsp3) is 0.400. The Balaban J connectivity index is 1.63. The second kappa shape index (κ2) is 5.73. The summed E-state index contributed by atoms with van der Waals surface area (Å²) in [7, 11) is 0. The quantitative estimate of drug-likeness (QED) is 0.765. The highest BCUT2D eigenvalue weighted by molar-refractivity contribution is 7.13. The second-order valence-electron chi connectivity index (χ2n) is 6.05. The first-order valence-electron chi connectivity index (χ1n) is 7.80. The van der Waals surface area contributed by atoms with Crippen LogP contribution in [0.2, 0.25) is 0 Å². The van der Waals surface area contributed by atoms with Crippen molar-refractivity contribution in [1.29, 1.82) is 0 Å². The van der Waals surface area contributed by atoms with E-state index in [1.807, 2.05) is 18.7 Å². The number of carbonyl (C=O) groups is 1. The van der Waals surface area contributed by atoms with E-state index in [4.69, 9.17) is 0 Å². The van der Waals surface area contributed by atoms with Gasteiger partial charge in [-0.25, -0.2) is 14.4 Å². The molecule has 1 fully saturated rings. The summed E-state index contributed by atoms with van der Waals surface area (Å²) in [5.41, 5.74) is -0.288. The summed E-state index contributed by atoms with van der Waals surface area (Å²) < 4.78 is 16.8. The van der Waals surface area contributed by atoms with Crippen molar-refractivity contribution < 1.29 is 9.18 Å². The third-order valence-corrected chi connectivity index (χ3v) is 5.14. The molecule has 0 aromatic carbocycles. The van der Waals surface area contributed by atoms with Gasteiger partial charge in [-0.05, 0) is 13.8 Å². The Bertz CT molecular complexity index is 941. The SMILES string of the molecule is Cc1nc2ncnn2c(N2CCC(F)(C(=O)Nc3nccs3)C2)c1C. The highest BCUT2D eigenvalue weighted by atomic mass is 32.1. The number of anilines is 2. The van der Waals surface area contributed by atoms with Gasteiger partial charge >= 0.3 is 0 Å². The van der Waals surface area contributed by atoms with Gasteiger partial charge in [-0.1, -0.05) is 0 Å². The summed E-state index contributed by atoms with van der Waals surface area (Å²) in [5, 5.41) is 8.87. The number of thiazole rings is 1. The van der Waals surface area contributed by atoms with Crippen molar-refractivity contribution in [3.63, 3.8) is 0 Å². The topological polar surface area (TPSA) is 88.3 Å². The van der Waals surface area contributed by atoms with E-state index in [0.717, 1.165) is 17.1 Å². The number of carbonyl (C=O) groups excluding carboxylic acids is 1. The Morgan fingerprint density at radius 1 is 1.40 bits per heavy atom. The average Bonchev–Trinajstić information content (AvgIpc) is 3.30. The van der Waals surface area contributed by atoms with Crippen molar-refractivity contribution >= 4 is 34.0 Å². The molecule has 1 N–H and O–H groups in total. The Kier molecular flexibility index (Phi) is 3.64. The summed E-state index contributed by atoms with van der Waals surface area (Å²) in [6, 6.07) is 0. The van der Waals surface area contributed by atoms with Crippen LogP contribution in [0.4, 0.5) is 15.3 Å². The smallest absolute Gasteiger partial charge is 0.265 e. The van der Waals surface area contributed by atoms with Crippen molar-refractivity contribution in [1.82, 2.24) is 24.6 Å². The monoisotopic (exact) mass is 361 g/mol. The Morgan fingerprint density at radius 2 is 2.24 bits per heavy atom. The van der Waals surface area contributed by atoms with E-state index in [2.05, 4.69) is 25.4 Å². The van der Waals surface area contributed by atoms with E-state index in [9.17, 15) is 4.79 Å². The molecule has 3 aromatic heterocycles. The molecule has 0 saturated carbocycles. The summed E-state index contributed by atoms with van der Waals surface area (Å²) in [4.78, 5) is 26.7. The lowest BCUT2D eigenvalue weighted by molar-refractivity contribution is -0.126. The minimum Gasteiger partial charge on any atom is -0.352 e. The van der Waals surface area contributed by atoms with Crippen LogP contribution in [0.5, 0.6) is 0 Å². The van der Waals surface area contributed by atoms with Gasteiger partial charge in [-0.2, -0.15) is 14.6 Å². The molecule has 25 heavy (non-hydrogen) atoms. The number of rotatable bonds is 3. The predicted octanol–water partition coefficient (Wildman–Crippen LogP) is 1.75. The van der Waals surface area contributed by atoms with Crippen molar-refractivity contribution in [3.05, 3.63) is 29.2 Å². The molecule has 1 saturated heterocycles. The van der Waals surface area contributed by atoms with Crippen LogP contribution >= 0.6 is 11.3 Å². The van der Waals surface area contributed by atoms with Crippen molar-refractivity contribution in [2.24, 2.45) is 0 Å². The fourth-order valence-electron chi connectivity index (χ4n) is 3.02. The van der Waals surface area contributed by atoms with Crippen LogP contribution in [0, 0.1) is 13.8 Å². The normalized spacial score (nSPS) is 20.4. The lowest BCUT2D eigenvalue weighted by Gasteiger charge is -2.23. The van der Waals surface area contributed by atoms with Crippen LogP contribution in [0.15, 0.2) is 17.9 Å². The Hall–Kier alpha value is -2.62. The summed E-state index contributed by atoms with van der Waals surface area (Å²) >= 11 is 1.26. The van der Waals surface area contributed by atoms with Crippen LogP contribution in [0.25, 0.3) is 5.78 Å². The molecule has 1 unspecified atom stereocenters. The van der Waals surface area contributed by atoms with Gasteiger partial charge in [-0.15, -0.1) is 11.3 Å². The Morgan fingerprint density at radius 3 is 3.00 bits per heavy atom. The molecule has 1 aliphatic heterocycles. The van der Waals surface area contributed by atoms with Crippen molar-refractivity contribution in [2.45, 2.75) is 25.9 Å². The molecule has 1 amide bonds. The number of halogens is 1. The van der Waals surface area contributed by atoms with Crippen LogP contribution in [0.3, 0.4) is 0 Å². The molecule has 0 bridgehead atoms. The van der Waals surface area contributed by atoms with E-state index >= 15 is 4.39 Å². The molecule has 3 aromatic rings. The number of fused-ring (bicyclic) bond motifs is 1. The van der Waals surface area contributed by atoms with Crippen LogP contribution in [0.1, 0.15) is 17.7 Å². The number of hydrogen-bond acceptors (Lipinski definition) is 7. The Labute approximate surface area is 146 Å². The van der Waals surface area contributed by atoms with Gasteiger partial charge in [0.1, 0.15) is 12.1 Å². The fourth-order valence-corrected chi connectivity index (χ4v) is 3.54. The van der Waals surface area contributed by atoms with E-state index in [0.29, 0.717) is 17.5 Å². The summed E-state index contributed by atoms with van der Waals surface area (Å²) in [6.45, 7) is 4.14. The maximum atomic E-state index is 15.3. The maximum Gasteiger partial charge on any atom is 0.265 e. The zero-order valence-corrected chi connectivity index (χ0v) is 14.5. The zero-order valence-electron chi connectivity index (χ0n) is 13.7. The molecule has 130 valence electrons. The highest BCUT2D eigenvalue weighted by Gasteiger charge is 2.46. The molecule has 0 spiro atoms. The molecule has 4 heterocycles. The predicted molar refractivity (Wildman–Crippen MR) is 91.7 cm³/mol. The summed E-state index contributed by atoms with van der Waals surface area (Å²) in [6.07, 6.45) is 3.08.